The molecule has 1 aromatic heterocycles. The molecule has 0 aliphatic carbocycles. The van der Waals surface area contributed by atoms with Crippen LogP contribution < -0.4 is 5.32 Å². The maximum atomic E-state index is 13.9. The molecule has 0 aliphatic rings. The summed E-state index contributed by atoms with van der Waals surface area (Å²) in [7, 11) is 0. The molecule has 21 heavy (non-hydrogen) atoms. The minimum absolute atomic E-state index is 0.0450. The summed E-state index contributed by atoms with van der Waals surface area (Å²) in [6.07, 6.45) is 0. The van der Waals surface area contributed by atoms with Crippen molar-refractivity contribution in [1.82, 2.24) is 9.97 Å². The molecule has 0 bridgehead atoms. The van der Waals surface area contributed by atoms with Gasteiger partial charge in [0.1, 0.15) is 27.9 Å². The maximum absolute atomic E-state index is 13.9. The molecule has 0 saturated heterocycles. The van der Waals surface area contributed by atoms with Crippen molar-refractivity contribution in [3.05, 3.63) is 45.8 Å². The molecule has 3 nitrogen and oxygen atoms in total. The lowest BCUT2D eigenvalue weighted by atomic mass is 9.96. The SMILES string of the molecule is Cc1cc(F)c(Nc2cc(Br)nc(C(C)(C)C)n2)cc1F. The summed E-state index contributed by atoms with van der Waals surface area (Å²) >= 11 is 3.30. The van der Waals surface area contributed by atoms with Gasteiger partial charge in [0.05, 0.1) is 5.69 Å². The van der Waals surface area contributed by atoms with E-state index in [2.05, 4.69) is 31.2 Å². The van der Waals surface area contributed by atoms with Gasteiger partial charge < -0.3 is 5.32 Å². The molecule has 0 fully saturated rings. The molecule has 0 aliphatic heterocycles. The first-order valence-corrected chi connectivity index (χ1v) is 7.24. The van der Waals surface area contributed by atoms with Gasteiger partial charge in [0.15, 0.2) is 0 Å². The second-order valence-electron chi connectivity index (χ2n) is 5.86. The van der Waals surface area contributed by atoms with Crippen LogP contribution in [0.15, 0.2) is 22.8 Å². The van der Waals surface area contributed by atoms with Gasteiger partial charge in [-0.15, -0.1) is 0 Å². The second kappa shape index (κ2) is 5.67. The van der Waals surface area contributed by atoms with Crippen LogP contribution in [0.3, 0.4) is 0 Å². The minimum atomic E-state index is -0.527. The third kappa shape index (κ3) is 3.75. The molecule has 0 amide bonds. The van der Waals surface area contributed by atoms with E-state index in [4.69, 9.17) is 0 Å². The van der Waals surface area contributed by atoms with Crippen molar-refractivity contribution in [1.29, 1.82) is 0 Å². The smallest absolute Gasteiger partial charge is 0.147 e. The van der Waals surface area contributed by atoms with Gasteiger partial charge >= 0.3 is 0 Å². The summed E-state index contributed by atoms with van der Waals surface area (Å²) in [4.78, 5) is 8.65. The summed E-state index contributed by atoms with van der Waals surface area (Å²) in [5, 5.41) is 2.80. The van der Waals surface area contributed by atoms with Crippen LogP contribution in [0.25, 0.3) is 0 Å². The standard InChI is InChI=1S/C15H16BrF2N3/c1-8-5-10(18)11(6-9(8)17)19-13-7-12(16)20-14(21-13)15(2,3)4/h5-7H,1-4H3,(H,19,20,21). The number of hydrogen-bond acceptors (Lipinski definition) is 3. The van der Waals surface area contributed by atoms with Crippen LogP contribution in [0.5, 0.6) is 0 Å². The van der Waals surface area contributed by atoms with Gasteiger partial charge in [-0.1, -0.05) is 20.8 Å². The highest BCUT2D eigenvalue weighted by atomic mass is 79.9. The van der Waals surface area contributed by atoms with Gasteiger partial charge in [-0.05, 0) is 34.5 Å². The molecule has 2 aromatic rings. The zero-order valence-electron chi connectivity index (χ0n) is 12.3. The second-order valence-corrected chi connectivity index (χ2v) is 6.67. The maximum Gasteiger partial charge on any atom is 0.147 e. The molecular formula is C15H16BrF2N3. The van der Waals surface area contributed by atoms with Crippen LogP contribution >= 0.6 is 15.9 Å². The van der Waals surface area contributed by atoms with Gasteiger partial charge in [0, 0.05) is 17.5 Å². The lowest BCUT2D eigenvalue weighted by molar-refractivity contribution is 0.544. The predicted octanol–water partition coefficient (Wildman–Crippen LogP) is 4.87. The van der Waals surface area contributed by atoms with Crippen LogP contribution in [0.2, 0.25) is 0 Å². The molecule has 0 spiro atoms. The molecule has 1 aromatic carbocycles. The van der Waals surface area contributed by atoms with Crippen molar-refractivity contribution in [2.45, 2.75) is 33.1 Å². The topological polar surface area (TPSA) is 37.8 Å². The van der Waals surface area contributed by atoms with Crippen molar-refractivity contribution in [2.24, 2.45) is 0 Å². The lowest BCUT2D eigenvalue weighted by Gasteiger charge is -2.18. The fraction of sp³-hybridized carbons (Fsp3) is 0.333. The van der Waals surface area contributed by atoms with Crippen molar-refractivity contribution >= 4 is 27.4 Å². The number of benzene rings is 1. The molecule has 0 saturated carbocycles. The Labute approximate surface area is 131 Å². The first kappa shape index (κ1) is 15.8. The molecule has 2 rings (SSSR count). The van der Waals surface area contributed by atoms with E-state index < -0.39 is 11.6 Å². The summed E-state index contributed by atoms with van der Waals surface area (Å²) in [5.74, 6) is 0.0142. The van der Waals surface area contributed by atoms with Crippen molar-refractivity contribution in [3.8, 4) is 0 Å². The third-order valence-electron chi connectivity index (χ3n) is 2.88. The van der Waals surface area contributed by atoms with E-state index in [0.717, 1.165) is 12.1 Å². The number of rotatable bonds is 2. The van der Waals surface area contributed by atoms with E-state index >= 15 is 0 Å². The normalized spacial score (nSPS) is 11.6. The van der Waals surface area contributed by atoms with Crippen LogP contribution in [-0.4, -0.2) is 9.97 Å². The number of anilines is 2. The van der Waals surface area contributed by atoms with Gasteiger partial charge in [0.2, 0.25) is 0 Å². The fourth-order valence-corrected chi connectivity index (χ4v) is 2.08. The molecule has 0 unspecified atom stereocenters. The van der Waals surface area contributed by atoms with Crippen LogP contribution in [0.4, 0.5) is 20.3 Å². The van der Waals surface area contributed by atoms with E-state index in [1.807, 2.05) is 20.8 Å². The number of hydrogen-bond donors (Lipinski definition) is 1. The number of aromatic nitrogens is 2. The quantitative estimate of drug-likeness (QED) is 0.781. The Bertz CT molecular complexity index is 681. The van der Waals surface area contributed by atoms with E-state index in [1.165, 1.54) is 6.92 Å². The van der Waals surface area contributed by atoms with Crippen LogP contribution in [-0.2, 0) is 5.41 Å². The Morgan fingerprint density at radius 2 is 1.71 bits per heavy atom. The zero-order valence-corrected chi connectivity index (χ0v) is 13.8. The number of nitrogens with one attached hydrogen (secondary N) is 1. The van der Waals surface area contributed by atoms with Crippen molar-refractivity contribution < 1.29 is 8.78 Å². The predicted molar refractivity (Wildman–Crippen MR) is 82.8 cm³/mol. The van der Waals surface area contributed by atoms with Gasteiger partial charge in [-0.2, -0.15) is 0 Å². The van der Waals surface area contributed by atoms with Crippen LogP contribution in [0, 0.1) is 18.6 Å². The Morgan fingerprint density at radius 3 is 2.33 bits per heavy atom. The average Bonchev–Trinajstić information content (AvgIpc) is 2.34. The third-order valence-corrected chi connectivity index (χ3v) is 3.28. The van der Waals surface area contributed by atoms with E-state index in [-0.39, 0.29) is 16.7 Å². The molecule has 0 radical (unpaired) electrons. The Balaban J connectivity index is 2.40. The lowest BCUT2D eigenvalue weighted by Crippen LogP contribution is -2.17. The molecule has 1 N–H and O–H groups in total. The molecule has 0 atom stereocenters. The average molecular weight is 356 g/mol. The summed E-state index contributed by atoms with van der Waals surface area (Å²) in [6, 6.07) is 3.89. The Hall–Kier alpha value is -1.56. The van der Waals surface area contributed by atoms with Gasteiger partial charge in [-0.25, -0.2) is 18.7 Å². The first-order valence-electron chi connectivity index (χ1n) is 6.44. The van der Waals surface area contributed by atoms with E-state index in [0.29, 0.717) is 16.2 Å². The van der Waals surface area contributed by atoms with Crippen molar-refractivity contribution in [2.75, 3.05) is 5.32 Å². The largest absolute Gasteiger partial charge is 0.338 e. The summed E-state index contributed by atoms with van der Waals surface area (Å²) in [6.45, 7) is 7.45. The monoisotopic (exact) mass is 355 g/mol. The zero-order chi connectivity index (χ0) is 15.8. The van der Waals surface area contributed by atoms with Gasteiger partial charge in [-0.3, -0.25) is 0 Å². The summed E-state index contributed by atoms with van der Waals surface area (Å²) < 4.78 is 28.0. The number of nitrogens with zero attached hydrogens (tertiary/aromatic N) is 2. The highest BCUT2D eigenvalue weighted by Crippen LogP contribution is 2.26. The Morgan fingerprint density at radius 1 is 1.05 bits per heavy atom. The summed E-state index contributed by atoms with van der Waals surface area (Å²) in [5.41, 5.74) is 0.0537. The van der Waals surface area contributed by atoms with E-state index in [9.17, 15) is 8.78 Å². The van der Waals surface area contributed by atoms with Crippen LogP contribution in [0.1, 0.15) is 32.2 Å². The molecular weight excluding hydrogens is 340 g/mol. The highest BCUT2D eigenvalue weighted by molar-refractivity contribution is 9.10. The van der Waals surface area contributed by atoms with Gasteiger partial charge in [0.25, 0.3) is 0 Å². The molecule has 1 heterocycles. The molecule has 6 heteroatoms. The minimum Gasteiger partial charge on any atom is -0.338 e. The molecule has 112 valence electrons. The van der Waals surface area contributed by atoms with Crippen molar-refractivity contribution in [3.63, 3.8) is 0 Å². The Kier molecular flexibility index (Phi) is 4.27. The fourth-order valence-electron chi connectivity index (χ4n) is 1.70. The van der Waals surface area contributed by atoms with E-state index in [1.54, 1.807) is 6.07 Å². The highest BCUT2D eigenvalue weighted by Gasteiger charge is 2.19. The number of aryl methyl sites for hydroxylation is 1. The number of halogens is 3. The first-order chi connectivity index (χ1) is 9.66.